The highest BCUT2D eigenvalue weighted by Crippen LogP contribution is 2.29. The van der Waals surface area contributed by atoms with Crippen LogP contribution in [0.2, 0.25) is 0 Å². The minimum absolute atomic E-state index is 0.0898. The number of hydrogen-bond acceptors (Lipinski definition) is 8. The molecule has 7 N–H and O–H groups in total. The summed E-state index contributed by atoms with van der Waals surface area (Å²) in [5.74, 6) is -2.09. The molecule has 13 heteroatoms. The van der Waals surface area contributed by atoms with E-state index in [1.54, 1.807) is 7.05 Å². The lowest BCUT2D eigenvalue weighted by Crippen LogP contribution is -2.63. The number of amides is 5. The van der Waals surface area contributed by atoms with Crippen molar-refractivity contribution in [1.82, 2.24) is 31.1 Å². The Labute approximate surface area is 280 Å². The van der Waals surface area contributed by atoms with Crippen molar-refractivity contribution in [2.75, 3.05) is 26.7 Å². The smallest absolute Gasteiger partial charge is 0.245 e. The van der Waals surface area contributed by atoms with Crippen LogP contribution in [0.5, 0.6) is 0 Å². The fourth-order valence-electron chi connectivity index (χ4n) is 7.43. The van der Waals surface area contributed by atoms with E-state index in [1.807, 2.05) is 27.7 Å². The molecule has 7 atom stereocenters. The highest BCUT2D eigenvalue weighted by Gasteiger charge is 2.40. The lowest BCUT2D eigenvalue weighted by atomic mass is 9.83. The molecule has 5 amide bonds. The quantitative estimate of drug-likeness (QED) is 0.229. The Bertz CT molecular complexity index is 1080. The van der Waals surface area contributed by atoms with Crippen LogP contribution in [-0.4, -0.2) is 113 Å². The molecule has 2 saturated carbocycles. The first-order chi connectivity index (χ1) is 22.2. The van der Waals surface area contributed by atoms with E-state index in [0.717, 1.165) is 57.8 Å². The monoisotopic (exact) mass is 663 g/mol. The van der Waals surface area contributed by atoms with Gasteiger partial charge in [-0.15, -0.1) is 0 Å². The van der Waals surface area contributed by atoms with Crippen LogP contribution in [-0.2, 0) is 24.0 Å². The van der Waals surface area contributed by atoms with E-state index < -0.39 is 59.9 Å². The number of likely N-dealkylation sites (N-methyl/N-ethyl adjacent to an activating group) is 1. The molecule has 268 valence electrons. The Morgan fingerprint density at radius 3 is 2.02 bits per heavy atom. The molecule has 1 heterocycles. The SMILES string of the molecule is CC(C)C[C@H]1C(=O)N[C@@H](C2CCCCC2)C(=O)N[C@@H](CN)C(=O)N[C@@H]([C@H](C)O)C(=O)NC[C@@H](C)N(CC2CCCC2)[C@@H](C)C(=O)N1C. The highest BCUT2D eigenvalue weighted by atomic mass is 16.3. The van der Waals surface area contributed by atoms with Gasteiger partial charge >= 0.3 is 0 Å². The van der Waals surface area contributed by atoms with Crippen LogP contribution >= 0.6 is 0 Å². The molecule has 0 radical (unpaired) electrons. The van der Waals surface area contributed by atoms with E-state index in [-0.39, 0.29) is 36.9 Å². The highest BCUT2D eigenvalue weighted by molar-refractivity contribution is 5.96. The van der Waals surface area contributed by atoms with Crippen LogP contribution in [0.25, 0.3) is 0 Å². The van der Waals surface area contributed by atoms with E-state index in [9.17, 15) is 29.1 Å². The topological polar surface area (TPSA) is 186 Å². The molecular formula is C34H61N7O6. The predicted molar refractivity (Wildman–Crippen MR) is 180 cm³/mol. The molecule has 3 rings (SSSR count). The van der Waals surface area contributed by atoms with Gasteiger partial charge in [0.25, 0.3) is 0 Å². The average molecular weight is 664 g/mol. The van der Waals surface area contributed by atoms with Crippen molar-refractivity contribution in [3.05, 3.63) is 0 Å². The second kappa shape index (κ2) is 18.1. The molecule has 2 aliphatic carbocycles. The zero-order chi connectivity index (χ0) is 34.8. The summed E-state index contributed by atoms with van der Waals surface area (Å²) in [5, 5.41) is 21.6. The van der Waals surface area contributed by atoms with Crippen molar-refractivity contribution in [2.45, 2.75) is 141 Å². The number of hydrogen-bond donors (Lipinski definition) is 6. The van der Waals surface area contributed by atoms with Crippen molar-refractivity contribution in [3.63, 3.8) is 0 Å². The van der Waals surface area contributed by atoms with Gasteiger partial charge in [-0.3, -0.25) is 28.9 Å². The number of rotatable bonds is 7. The third-order valence-electron chi connectivity index (χ3n) is 10.4. The van der Waals surface area contributed by atoms with Gasteiger partial charge in [-0.25, -0.2) is 0 Å². The van der Waals surface area contributed by atoms with Gasteiger partial charge in [-0.05, 0) is 70.6 Å². The van der Waals surface area contributed by atoms with Crippen LogP contribution in [0.4, 0.5) is 0 Å². The number of carbonyl (C=O) groups is 5. The van der Waals surface area contributed by atoms with Crippen LogP contribution in [0.1, 0.15) is 98.8 Å². The Balaban J connectivity index is 2.04. The van der Waals surface area contributed by atoms with E-state index in [2.05, 4.69) is 26.2 Å². The molecular weight excluding hydrogens is 602 g/mol. The van der Waals surface area contributed by atoms with Gasteiger partial charge in [-0.2, -0.15) is 0 Å². The Hall–Kier alpha value is -2.77. The van der Waals surface area contributed by atoms with Gasteiger partial charge in [-0.1, -0.05) is 46.0 Å². The van der Waals surface area contributed by atoms with Crippen molar-refractivity contribution < 1.29 is 29.1 Å². The van der Waals surface area contributed by atoms with Gasteiger partial charge in [0.05, 0.1) is 12.1 Å². The standard InChI is InChI=1S/C34H61N7O6/c1-20(2)16-27-31(44)39-29(25-14-8-7-9-15-25)33(46)37-26(17-35)30(43)38-28(23(5)42)32(45)36-18-21(3)41(19-24-12-10-11-13-24)22(4)34(47)40(27)6/h20-29,42H,7-19,35H2,1-6H3,(H,36,45)(H,37,46)(H,38,43)(H,39,44)/t21-,22+,23+,26+,27+,28+,29+/m1/s1. The van der Waals surface area contributed by atoms with Gasteiger partial charge in [0.2, 0.25) is 29.5 Å². The summed E-state index contributed by atoms with van der Waals surface area (Å²) in [4.78, 5) is 72.5. The van der Waals surface area contributed by atoms with E-state index in [0.29, 0.717) is 18.9 Å². The maximum absolute atomic E-state index is 14.2. The lowest BCUT2D eigenvalue weighted by molar-refractivity contribution is -0.145. The fourth-order valence-corrected chi connectivity index (χ4v) is 7.43. The summed E-state index contributed by atoms with van der Waals surface area (Å²) in [6.07, 6.45) is 7.90. The number of nitrogens with one attached hydrogen (secondary N) is 4. The molecule has 0 aromatic rings. The van der Waals surface area contributed by atoms with Gasteiger partial charge < -0.3 is 37.0 Å². The second-order valence-electron chi connectivity index (χ2n) is 14.6. The zero-order valence-electron chi connectivity index (χ0n) is 29.4. The molecule has 0 spiro atoms. The number of aliphatic hydroxyl groups excluding tert-OH is 1. The van der Waals surface area contributed by atoms with E-state index in [4.69, 9.17) is 5.73 Å². The third-order valence-corrected chi connectivity index (χ3v) is 10.4. The Morgan fingerprint density at radius 2 is 1.45 bits per heavy atom. The normalized spacial score (nSPS) is 31.5. The molecule has 0 aromatic heterocycles. The molecule has 0 bridgehead atoms. The first-order valence-electron chi connectivity index (χ1n) is 17.8. The predicted octanol–water partition coefficient (Wildman–Crippen LogP) is 0.633. The molecule has 0 aromatic carbocycles. The summed E-state index contributed by atoms with van der Waals surface area (Å²) >= 11 is 0. The third kappa shape index (κ3) is 10.6. The van der Waals surface area contributed by atoms with Gasteiger partial charge in [0.1, 0.15) is 24.2 Å². The number of nitrogens with zero attached hydrogens (tertiary/aromatic N) is 2. The maximum atomic E-state index is 14.2. The van der Waals surface area contributed by atoms with Crippen LogP contribution in [0.15, 0.2) is 0 Å². The summed E-state index contributed by atoms with van der Waals surface area (Å²) < 4.78 is 0. The second-order valence-corrected chi connectivity index (χ2v) is 14.6. The summed E-state index contributed by atoms with van der Waals surface area (Å²) in [7, 11) is 1.65. The number of nitrogens with two attached hydrogens (primary N) is 1. The molecule has 3 aliphatic rings. The summed E-state index contributed by atoms with van der Waals surface area (Å²) in [6.45, 7) is 9.76. The first kappa shape index (κ1) is 38.7. The molecule has 1 saturated heterocycles. The molecule has 0 unspecified atom stereocenters. The molecule has 13 nitrogen and oxygen atoms in total. The van der Waals surface area contributed by atoms with Crippen molar-refractivity contribution >= 4 is 29.5 Å². The molecule has 1 aliphatic heterocycles. The minimum atomic E-state index is -1.29. The van der Waals surface area contributed by atoms with E-state index >= 15 is 0 Å². The largest absolute Gasteiger partial charge is 0.391 e. The van der Waals surface area contributed by atoms with E-state index in [1.165, 1.54) is 11.8 Å². The van der Waals surface area contributed by atoms with Crippen molar-refractivity contribution in [3.8, 4) is 0 Å². The summed E-state index contributed by atoms with van der Waals surface area (Å²) in [5.41, 5.74) is 5.93. The maximum Gasteiger partial charge on any atom is 0.245 e. The number of carbonyl (C=O) groups excluding carboxylic acids is 5. The number of aliphatic hydroxyl groups is 1. The zero-order valence-corrected chi connectivity index (χ0v) is 29.4. The van der Waals surface area contributed by atoms with Crippen LogP contribution < -0.4 is 27.0 Å². The first-order valence-corrected chi connectivity index (χ1v) is 17.8. The van der Waals surface area contributed by atoms with Gasteiger partial charge in [0, 0.05) is 32.7 Å². The lowest BCUT2D eigenvalue weighted by Gasteiger charge is -2.40. The van der Waals surface area contributed by atoms with Crippen molar-refractivity contribution in [2.24, 2.45) is 23.5 Å². The van der Waals surface area contributed by atoms with Crippen LogP contribution in [0.3, 0.4) is 0 Å². The molecule has 47 heavy (non-hydrogen) atoms. The average Bonchev–Trinajstić information content (AvgIpc) is 3.56. The molecule has 3 fully saturated rings. The Morgan fingerprint density at radius 1 is 0.830 bits per heavy atom. The van der Waals surface area contributed by atoms with Gasteiger partial charge in [0.15, 0.2) is 0 Å². The summed E-state index contributed by atoms with van der Waals surface area (Å²) in [6, 6.07) is -5.10. The minimum Gasteiger partial charge on any atom is -0.391 e. The van der Waals surface area contributed by atoms with Crippen molar-refractivity contribution in [1.29, 1.82) is 0 Å². The Kier molecular flexibility index (Phi) is 14.9. The van der Waals surface area contributed by atoms with Crippen LogP contribution in [0, 0.1) is 17.8 Å². The fraction of sp³-hybridized carbons (Fsp3) is 0.853.